The molecule has 0 spiro atoms. The van der Waals surface area contributed by atoms with Crippen LogP contribution in [0.15, 0.2) is 30.3 Å². The van der Waals surface area contributed by atoms with E-state index >= 15 is 0 Å². The zero-order valence-corrected chi connectivity index (χ0v) is 22.7. The van der Waals surface area contributed by atoms with E-state index in [1.165, 1.54) is 75.1 Å². The normalized spacial score (nSPS) is 13.1. The molecule has 0 aromatic heterocycles. The molecular formula is C28H48O3Se. The van der Waals surface area contributed by atoms with Crippen molar-refractivity contribution in [1.82, 2.24) is 0 Å². The van der Waals surface area contributed by atoms with Crippen molar-refractivity contribution in [2.45, 2.75) is 122 Å². The number of carbonyl (C=O) groups is 1. The summed E-state index contributed by atoms with van der Waals surface area (Å²) in [7, 11) is 0. The predicted molar refractivity (Wildman–Crippen MR) is 138 cm³/mol. The Morgan fingerprint density at radius 1 is 0.781 bits per heavy atom. The van der Waals surface area contributed by atoms with Crippen molar-refractivity contribution in [2.24, 2.45) is 0 Å². The molecule has 0 fully saturated rings. The molecule has 1 aromatic carbocycles. The van der Waals surface area contributed by atoms with E-state index in [1.54, 1.807) is 0 Å². The van der Waals surface area contributed by atoms with Gasteiger partial charge in [0.15, 0.2) is 0 Å². The molecule has 0 bridgehead atoms. The molecule has 4 heteroatoms. The van der Waals surface area contributed by atoms with Gasteiger partial charge in [-0.25, -0.2) is 0 Å². The van der Waals surface area contributed by atoms with Crippen molar-refractivity contribution >= 4 is 25.4 Å². The zero-order valence-electron chi connectivity index (χ0n) is 21.0. The number of unbranched alkanes of at least 4 members (excludes halogenated alkanes) is 9. The number of carbonyl (C=O) groups excluding carboxylic acids is 1. The predicted octanol–water partition coefficient (Wildman–Crippen LogP) is 7.25. The van der Waals surface area contributed by atoms with Gasteiger partial charge in [-0.3, -0.25) is 0 Å². The van der Waals surface area contributed by atoms with E-state index in [-0.39, 0.29) is 5.97 Å². The van der Waals surface area contributed by atoms with Gasteiger partial charge in [-0.2, -0.15) is 0 Å². The van der Waals surface area contributed by atoms with Crippen LogP contribution in [0, 0.1) is 0 Å². The molecule has 1 rings (SSSR count). The first-order valence-electron chi connectivity index (χ1n) is 13.2. The van der Waals surface area contributed by atoms with E-state index in [0.29, 0.717) is 38.9 Å². The standard InChI is InChI=1S/C28H48O3Se/c1-4-7-8-9-12-18-23-27(32-25-20-15-14-16-21-25)26(30-5-2)22-17-11-10-13-19-24-28(29)31-6-3/h14-16,20-21,26-27H,4-13,17-19,22-24H2,1-3H3. The fourth-order valence-corrected chi connectivity index (χ4v) is 6.85. The summed E-state index contributed by atoms with van der Waals surface area (Å²) < 4.78 is 12.8. The zero-order chi connectivity index (χ0) is 23.3. The molecule has 0 N–H and O–H groups in total. The Morgan fingerprint density at radius 2 is 1.41 bits per heavy atom. The molecule has 0 radical (unpaired) electrons. The summed E-state index contributed by atoms with van der Waals surface area (Å²) in [6.45, 7) is 7.58. The van der Waals surface area contributed by atoms with Crippen LogP contribution in [0.3, 0.4) is 0 Å². The maximum atomic E-state index is 11.4. The van der Waals surface area contributed by atoms with Gasteiger partial charge in [0.2, 0.25) is 0 Å². The summed E-state index contributed by atoms with van der Waals surface area (Å²) in [6, 6.07) is 11.0. The van der Waals surface area contributed by atoms with Crippen molar-refractivity contribution in [3.8, 4) is 0 Å². The number of esters is 1. The van der Waals surface area contributed by atoms with Gasteiger partial charge in [-0.15, -0.1) is 0 Å². The molecule has 0 saturated heterocycles. The Balaban J connectivity index is 2.44. The van der Waals surface area contributed by atoms with E-state index in [9.17, 15) is 4.79 Å². The summed E-state index contributed by atoms with van der Waals surface area (Å²) in [5.41, 5.74) is 0. The fourth-order valence-electron chi connectivity index (χ4n) is 4.09. The summed E-state index contributed by atoms with van der Waals surface area (Å²) in [4.78, 5) is 12.1. The molecule has 1 aromatic rings. The number of rotatable bonds is 21. The van der Waals surface area contributed by atoms with Gasteiger partial charge in [-0.05, 0) is 6.92 Å². The van der Waals surface area contributed by atoms with E-state index in [1.807, 2.05) is 6.92 Å². The SMILES string of the molecule is CCCCCCCCC([Se]c1ccccc1)C(CCCCCCCC(=O)OCC)OCC. The third-order valence-corrected chi connectivity index (χ3v) is 8.75. The van der Waals surface area contributed by atoms with Crippen molar-refractivity contribution in [2.75, 3.05) is 13.2 Å². The van der Waals surface area contributed by atoms with E-state index in [0.717, 1.165) is 19.4 Å². The number of hydrogen-bond acceptors (Lipinski definition) is 3. The molecular weight excluding hydrogens is 463 g/mol. The molecule has 0 amide bonds. The minimum absolute atomic E-state index is 0.0513. The van der Waals surface area contributed by atoms with Crippen LogP contribution in [0.1, 0.15) is 111 Å². The Morgan fingerprint density at radius 3 is 2.06 bits per heavy atom. The monoisotopic (exact) mass is 512 g/mol. The first-order valence-corrected chi connectivity index (χ1v) is 15.0. The van der Waals surface area contributed by atoms with Crippen molar-refractivity contribution in [3.05, 3.63) is 30.3 Å². The number of ether oxygens (including phenoxy) is 2. The van der Waals surface area contributed by atoms with Gasteiger partial charge >= 0.3 is 198 Å². The first-order chi connectivity index (χ1) is 15.7. The average Bonchev–Trinajstić information content (AvgIpc) is 2.80. The van der Waals surface area contributed by atoms with Gasteiger partial charge in [0.25, 0.3) is 0 Å². The molecule has 3 nitrogen and oxygen atoms in total. The summed E-state index contributed by atoms with van der Waals surface area (Å²) in [6.07, 6.45) is 17.3. The minimum atomic E-state index is -0.0513. The van der Waals surface area contributed by atoms with E-state index < -0.39 is 0 Å². The summed E-state index contributed by atoms with van der Waals surface area (Å²) >= 11 is 0.462. The Hall–Kier alpha value is -0.831. The molecule has 0 aliphatic rings. The van der Waals surface area contributed by atoms with Gasteiger partial charge in [0.05, 0.1) is 0 Å². The first kappa shape index (κ1) is 29.2. The fraction of sp³-hybridized carbons (Fsp3) is 0.750. The molecule has 2 unspecified atom stereocenters. The third-order valence-electron chi connectivity index (χ3n) is 5.84. The topological polar surface area (TPSA) is 35.5 Å². The molecule has 184 valence electrons. The Labute approximate surface area is 204 Å². The molecule has 32 heavy (non-hydrogen) atoms. The van der Waals surface area contributed by atoms with Crippen LogP contribution >= 0.6 is 0 Å². The van der Waals surface area contributed by atoms with Crippen LogP contribution in [-0.2, 0) is 14.3 Å². The molecule has 0 heterocycles. The van der Waals surface area contributed by atoms with Crippen LogP contribution in [0.2, 0.25) is 4.82 Å². The van der Waals surface area contributed by atoms with Crippen LogP contribution < -0.4 is 4.46 Å². The van der Waals surface area contributed by atoms with Crippen molar-refractivity contribution < 1.29 is 14.3 Å². The maximum absolute atomic E-state index is 11.4. The van der Waals surface area contributed by atoms with Crippen molar-refractivity contribution in [1.29, 1.82) is 0 Å². The second-order valence-corrected chi connectivity index (χ2v) is 11.4. The Bertz CT molecular complexity index is 549. The summed E-state index contributed by atoms with van der Waals surface area (Å²) in [5, 5.41) is 0. The van der Waals surface area contributed by atoms with Crippen molar-refractivity contribution in [3.63, 3.8) is 0 Å². The number of hydrogen-bond donors (Lipinski definition) is 0. The summed E-state index contributed by atoms with van der Waals surface area (Å²) in [5.74, 6) is -0.0513. The van der Waals surface area contributed by atoms with Crippen LogP contribution in [0.5, 0.6) is 0 Å². The van der Waals surface area contributed by atoms with Gasteiger partial charge in [0, 0.05) is 0 Å². The molecule has 2 atom stereocenters. The van der Waals surface area contributed by atoms with Crippen LogP contribution in [0.25, 0.3) is 0 Å². The third kappa shape index (κ3) is 15.1. The van der Waals surface area contributed by atoms with Gasteiger partial charge in [0.1, 0.15) is 0 Å². The van der Waals surface area contributed by atoms with E-state index in [2.05, 4.69) is 44.2 Å². The molecule has 0 aliphatic carbocycles. The van der Waals surface area contributed by atoms with Crippen LogP contribution in [-0.4, -0.2) is 40.2 Å². The number of benzene rings is 1. The average molecular weight is 512 g/mol. The van der Waals surface area contributed by atoms with Crippen LogP contribution in [0.4, 0.5) is 0 Å². The quantitative estimate of drug-likeness (QED) is 0.0990. The van der Waals surface area contributed by atoms with E-state index in [4.69, 9.17) is 9.47 Å². The van der Waals surface area contributed by atoms with Gasteiger partial charge < -0.3 is 0 Å². The Kier molecular flexibility index (Phi) is 18.9. The second-order valence-electron chi connectivity index (χ2n) is 8.63. The van der Waals surface area contributed by atoms with Gasteiger partial charge in [-0.1, -0.05) is 0 Å². The molecule has 0 saturated carbocycles. The second kappa shape index (κ2) is 20.8. The molecule has 0 aliphatic heterocycles.